The number of pyridine rings is 1. The highest BCUT2D eigenvalue weighted by Gasteiger charge is 2.07. The molecule has 1 atom stereocenters. The summed E-state index contributed by atoms with van der Waals surface area (Å²) in [5.41, 5.74) is 8.91. The van der Waals surface area contributed by atoms with E-state index in [1.807, 2.05) is 37.3 Å². The molecule has 0 aliphatic carbocycles. The van der Waals surface area contributed by atoms with Crippen LogP contribution in [0.4, 0.5) is 0 Å². The van der Waals surface area contributed by atoms with Gasteiger partial charge in [0.1, 0.15) is 0 Å². The molecule has 1 aromatic heterocycles. The van der Waals surface area contributed by atoms with Crippen LogP contribution in [0.2, 0.25) is 0 Å². The number of benzene rings is 1. The third-order valence-corrected chi connectivity index (χ3v) is 2.65. The minimum Gasteiger partial charge on any atom is -0.395 e. The van der Waals surface area contributed by atoms with Crippen LogP contribution in [0.25, 0.3) is 10.9 Å². The molecule has 1 aromatic carbocycles. The van der Waals surface area contributed by atoms with Crippen molar-refractivity contribution < 1.29 is 5.11 Å². The third kappa shape index (κ3) is 2.21. The van der Waals surface area contributed by atoms with Gasteiger partial charge in [0.25, 0.3) is 0 Å². The van der Waals surface area contributed by atoms with E-state index in [0.717, 1.165) is 22.2 Å². The van der Waals surface area contributed by atoms with Gasteiger partial charge in [0.05, 0.1) is 12.1 Å². The smallest absolute Gasteiger partial charge is 0.0707 e. The normalized spacial score (nSPS) is 12.9. The number of nitrogens with zero attached hydrogens (tertiary/aromatic N) is 1. The van der Waals surface area contributed by atoms with E-state index in [0.29, 0.717) is 6.42 Å². The van der Waals surface area contributed by atoms with Crippen molar-refractivity contribution in [3.63, 3.8) is 0 Å². The van der Waals surface area contributed by atoms with Crippen LogP contribution in [0.1, 0.15) is 11.3 Å². The Bertz CT molecular complexity index is 496. The molecule has 0 saturated carbocycles. The van der Waals surface area contributed by atoms with Gasteiger partial charge in [0, 0.05) is 17.1 Å². The van der Waals surface area contributed by atoms with Gasteiger partial charge in [-0.1, -0.05) is 18.2 Å². The van der Waals surface area contributed by atoms with Crippen molar-refractivity contribution in [1.29, 1.82) is 0 Å². The molecule has 0 bridgehead atoms. The minimum atomic E-state index is -0.204. The molecule has 0 spiro atoms. The van der Waals surface area contributed by atoms with Gasteiger partial charge in [-0.3, -0.25) is 4.98 Å². The summed E-state index contributed by atoms with van der Waals surface area (Å²) in [4.78, 5) is 4.47. The fourth-order valence-corrected chi connectivity index (χ4v) is 1.91. The molecule has 3 nitrogen and oxygen atoms in total. The summed E-state index contributed by atoms with van der Waals surface area (Å²) < 4.78 is 0. The van der Waals surface area contributed by atoms with E-state index >= 15 is 0 Å². The Hall–Kier alpha value is -1.45. The summed E-state index contributed by atoms with van der Waals surface area (Å²) >= 11 is 0. The summed E-state index contributed by atoms with van der Waals surface area (Å²) in [6.07, 6.45) is 0.681. The highest BCUT2D eigenvalue weighted by molar-refractivity contribution is 5.82. The van der Waals surface area contributed by atoms with Crippen molar-refractivity contribution >= 4 is 10.9 Å². The van der Waals surface area contributed by atoms with Gasteiger partial charge in [-0.2, -0.15) is 0 Å². The van der Waals surface area contributed by atoms with Crippen molar-refractivity contribution in [2.45, 2.75) is 19.4 Å². The highest BCUT2D eigenvalue weighted by Crippen LogP contribution is 2.19. The van der Waals surface area contributed by atoms with Gasteiger partial charge in [-0.25, -0.2) is 0 Å². The Labute approximate surface area is 94.9 Å². The van der Waals surface area contributed by atoms with Gasteiger partial charge < -0.3 is 10.8 Å². The Balaban J connectivity index is 2.50. The number of para-hydroxylation sites is 1. The molecule has 1 heterocycles. The van der Waals surface area contributed by atoms with Crippen LogP contribution in [-0.4, -0.2) is 22.7 Å². The van der Waals surface area contributed by atoms with Crippen molar-refractivity contribution in [1.82, 2.24) is 4.98 Å². The van der Waals surface area contributed by atoms with Crippen LogP contribution in [0.5, 0.6) is 0 Å². The predicted octanol–water partition coefficient (Wildman–Crippen LogP) is 1.41. The number of aryl methyl sites for hydroxylation is 1. The number of rotatable bonds is 3. The third-order valence-electron chi connectivity index (χ3n) is 2.65. The zero-order valence-electron chi connectivity index (χ0n) is 9.35. The van der Waals surface area contributed by atoms with E-state index in [9.17, 15) is 0 Å². The summed E-state index contributed by atoms with van der Waals surface area (Å²) in [5.74, 6) is 0. The monoisotopic (exact) mass is 216 g/mol. The first kappa shape index (κ1) is 11.0. The lowest BCUT2D eigenvalue weighted by Crippen LogP contribution is -2.27. The number of hydrogen-bond donors (Lipinski definition) is 2. The molecule has 3 heteroatoms. The molecule has 0 aliphatic heterocycles. The van der Waals surface area contributed by atoms with Gasteiger partial charge in [0.15, 0.2) is 0 Å². The minimum absolute atomic E-state index is 0.00962. The average Bonchev–Trinajstić information content (AvgIpc) is 2.28. The van der Waals surface area contributed by atoms with E-state index in [4.69, 9.17) is 10.8 Å². The van der Waals surface area contributed by atoms with Crippen LogP contribution in [0.3, 0.4) is 0 Å². The van der Waals surface area contributed by atoms with Crippen LogP contribution in [-0.2, 0) is 6.42 Å². The maximum atomic E-state index is 9.00. The molecule has 2 aromatic rings. The Kier molecular flexibility index (Phi) is 3.17. The van der Waals surface area contributed by atoms with E-state index in [1.54, 1.807) is 0 Å². The first-order chi connectivity index (χ1) is 7.70. The summed E-state index contributed by atoms with van der Waals surface area (Å²) in [6, 6.07) is 9.85. The first-order valence-electron chi connectivity index (χ1n) is 5.42. The van der Waals surface area contributed by atoms with Crippen LogP contribution in [0, 0.1) is 6.92 Å². The lowest BCUT2D eigenvalue weighted by molar-refractivity contribution is 0.265. The number of aromatic nitrogens is 1. The van der Waals surface area contributed by atoms with Crippen molar-refractivity contribution in [3.8, 4) is 0 Å². The molecule has 0 aliphatic rings. The second-order valence-electron chi connectivity index (χ2n) is 4.09. The standard InChI is InChI=1S/C13H16N2O/c1-9-6-10(7-11(14)8-16)12-4-2-3-5-13(12)15-9/h2-6,11,16H,7-8,14H2,1H3. The first-order valence-corrected chi connectivity index (χ1v) is 5.42. The largest absolute Gasteiger partial charge is 0.395 e. The Morgan fingerprint density at radius 2 is 2.12 bits per heavy atom. The average molecular weight is 216 g/mol. The molecule has 84 valence electrons. The van der Waals surface area contributed by atoms with Crippen molar-refractivity contribution in [2.75, 3.05) is 6.61 Å². The lowest BCUT2D eigenvalue weighted by Gasteiger charge is -2.11. The van der Waals surface area contributed by atoms with E-state index in [-0.39, 0.29) is 12.6 Å². The summed E-state index contributed by atoms with van der Waals surface area (Å²) in [6.45, 7) is 1.98. The van der Waals surface area contributed by atoms with Crippen molar-refractivity contribution in [3.05, 3.63) is 41.6 Å². The van der Waals surface area contributed by atoms with Gasteiger partial charge in [-0.05, 0) is 31.0 Å². The summed E-state index contributed by atoms with van der Waals surface area (Å²) in [5, 5.41) is 10.1. The molecule has 1 unspecified atom stereocenters. The molecule has 3 N–H and O–H groups in total. The molecule has 0 fully saturated rings. The molecule has 0 saturated heterocycles. The predicted molar refractivity (Wildman–Crippen MR) is 65.2 cm³/mol. The molecular formula is C13H16N2O. The SMILES string of the molecule is Cc1cc(CC(N)CO)c2ccccc2n1. The second-order valence-corrected chi connectivity index (χ2v) is 4.09. The van der Waals surface area contributed by atoms with Crippen molar-refractivity contribution in [2.24, 2.45) is 5.73 Å². The quantitative estimate of drug-likeness (QED) is 0.815. The highest BCUT2D eigenvalue weighted by atomic mass is 16.3. The Morgan fingerprint density at radius 3 is 2.88 bits per heavy atom. The maximum Gasteiger partial charge on any atom is 0.0707 e. The molecule has 16 heavy (non-hydrogen) atoms. The van der Waals surface area contributed by atoms with E-state index in [1.165, 1.54) is 0 Å². The number of fused-ring (bicyclic) bond motifs is 1. The Morgan fingerprint density at radius 1 is 1.38 bits per heavy atom. The van der Waals surface area contributed by atoms with Gasteiger partial charge in [-0.15, -0.1) is 0 Å². The molecular weight excluding hydrogens is 200 g/mol. The molecule has 0 amide bonds. The molecule has 0 radical (unpaired) electrons. The van der Waals surface area contributed by atoms with E-state index < -0.39 is 0 Å². The number of aliphatic hydroxyl groups is 1. The number of nitrogens with two attached hydrogens (primary N) is 1. The fourth-order valence-electron chi connectivity index (χ4n) is 1.91. The topological polar surface area (TPSA) is 59.1 Å². The lowest BCUT2D eigenvalue weighted by atomic mass is 10.0. The zero-order valence-corrected chi connectivity index (χ0v) is 9.35. The van der Waals surface area contributed by atoms with Crippen LogP contribution >= 0.6 is 0 Å². The van der Waals surface area contributed by atoms with Gasteiger partial charge in [0.2, 0.25) is 0 Å². The van der Waals surface area contributed by atoms with Crippen LogP contribution in [0.15, 0.2) is 30.3 Å². The zero-order chi connectivity index (χ0) is 11.5. The van der Waals surface area contributed by atoms with Gasteiger partial charge >= 0.3 is 0 Å². The number of hydrogen-bond acceptors (Lipinski definition) is 3. The maximum absolute atomic E-state index is 9.00. The van der Waals surface area contributed by atoms with Crippen LogP contribution < -0.4 is 5.73 Å². The fraction of sp³-hybridized carbons (Fsp3) is 0.308. The molecule has 2 rings (SSSR count). The van der Waals surface area contributed by atoms with E-state index in [2.05, 4.69) is 4.98 Å². The summed E-state index contributed by atoms with van der Waals surface area (Å²) in [7, 11) is 0. The number of aliphatic hydroxyl groups excluding tert-OH is 1. The second kappa shape index (κ2) is 4.60.